The average Bonchev–Trinajstić information content (AvgIpc) is 3.83. The Labute approximate surface area is 273 Å². The summed E-state index contributed by atoms with van der Waals surface area (Å²) < 4.78 is 12.9. The molecule has 1 aliphatic rings. The fourth-order valence-electron chi connectivity index (χ4n) is 7.63. The molecule has 7 aromatic carbocycles. The van der Waals surface area contributed by atoms with E-state index in [0.29, 0.717) is 17.5 Å². The molecule has 5 heteroatoms. The summed E-state index contributed by atoms with van der Waals surface area (Å²) in [6, 6.07) is 47.8. The highest BCUT2D eigenvalue weighted by molar-refractivity contribution is 6.27. The van der Waals surface area contributed by atoms with Crippen LogP contribution in [0.25, 0.3) is 111 Å². The lowest BCUT2D eigenvalue weighted by atomic mass is 9.97. The van der Waals surface area contributed by atoms with Crippen molar-refractivity contribution in [3.63, 3.8) is 0 Å². The molecule has 0 saturated heterocycles. The van der Waals surface area contributed by atoms with E-state index in [1.165, 1.54) is 27.6 Å². The predicted molar refractivity (Wildman–Crippen MR) is 193 cm³/mol. The van der Waals surface area contributed by atoms with Crippen molar-refractivity contribution in [3.8, 4) is 56.4 Å². The molecule has 222 valence electrons. The number of fused-ring (bicyclic) bond motifs is 10. The predicted octanol–water partition coefficient (Wildman–Crippen LogP) is 11.5. The maximum atomic E-state index is 6.71. The van der Waals surface area contributed by atoms with E-state index in [2.05, 4.69) is 66.7 Å². The highest BCUT2D eigenvalue weighted by Crippen LogP contribution is 2.51. The summed E-state index contributed by atoms with van der Waals surface area (Å²) >= 11 is 0. The van der Waals surface area contributed by atoms with E-state index in [1.807, 2.05) is 72.8 Å². The molecule has 0 spiro atoms. The van der Waals surface area contributed by atoms with Crippen LogP contribution in [0, 0.1) is 0 Å². The van der Waals surface area contributed by atoms with Gasteiger partial charge in [-0.15, -0.1) is 0 Å². The lowest BCUT2D eigenvalue weighted by Crippen LogP contribution is -2.00. The highest BCUT2D eigenvalue weighted by atomic mass is 16.3. The highest BCUT2D eigenvalue weighted by Gasteiger charge is 2.26. The molecule has 0 aliphatic heterocycles. The van der Waals surface area contributed by atoms with E-state index in [0.717, 1.165) is 66.0 Å². The van der Waals surface area contributed by atoms with E-state index in [-0.39, 0.29) is 0 Å². The second-order valence-corrected chi connectivity index (χ2v) is 12.3. The smallest absolute Gasteiger partial charge is 0.164 e. The molecule has 1 aliphatic carbocycles. The third kappa shape index (κ3) is 3.47. The topological polar surface area (TPSA) is 65.0 Å². The molecule has 0 fully saturated rings. The molecule has 48 heavy (non-hydrogen) atoms. The first-order chi connectivity index (χ1) is 23.8. The Morgan fingerprint density at radius 3 is 1.67 bits per heavy atom. The zero-order valence-corrected chi connectivity index (χ0v) is 25.4. The van der Waals surface area contributed by atoms with Crippen LogP contribution in [0.15, 0.2) is 148 Å². The second-order valence-electron chi connectivity index (χ2n) is 12.3. The van der Waals surface area contributed by atoms with Crippen LogP contribution >= 0.6 is 0 Å². The van der Waals surface area contributed by atoms with Crippen molar-refractivity contribution in [2.75, 3.05) is 0 Å². The van der Waals surface area contributed by atoms with Crippen molar-refractivity contribution >= 4 is 54.6 Å². The maximum Gasteiger partial charge on any atom is 0.164 e. The molecule has 0 N–H and O–H groups in total. The van der Waals surface area contributed by atoms with Gasteiger partial charge < -0.3 is 8.83 Å². The van der Waals surface area contributed by atoms with Gasteiger partial charge >= 0.3 is 0 Å². The lowest BCUT2D eigenvalue weighted by Gasteiger charge is -2.10. The Balaban J connectivity index is 1.22. The summed E-state index contributed by atoms with van der Waals surface area (Å²) in [4.78, 5) is 15.4. The molecule has 0 bridgehead atoms. The normalized spacial score (nSPS) is 12.2. The van der Waals surface area contributed by atoms with E-state index in [9.17, 15) is 0 Å². The Bertz CT molecular complexity index is 2960. The van der Waals surface area contributed by atoms with Crippen LogP contribution in [-0.2, 0) is 0 Å². The minimum atomic E-state index is 0.586. The van der Waals surface area contributed by atoms with Crippen LogP contribution in [0.2, 0.25) is 0 Å². The van der Waals surface area contributed by atoms with Gasteiger partial charge in [0.1, 0.15) is 22.3 Å². The molecular weight excluding hydrogens is 590 g/mol. The van der Waals surface area contributed by atoms with Crippen LogP contribution in [0.3, 0.4) is 0 Å². The van der Waals surface area contributed by atoms with Gasteiger partial charge in [0.05, 0.1) is 0 Å². The average molecular weight is 614 g/mol. The summed E-state index contributed by atoms with van der Waals surface area (Å²) in [7, 11) is 0. The van der Waals surface area contributed by atoms with Gasteiger partial charge in [-0.3, -0.25) is 0 Å². The minimum absolute atomic E-state index is 0.586. The summed E-state index contributed by atoms with van der Waals surface area (Å²) in [5.74, 6) is 1.78. The third-order valence-corrected chi connectivity index (χ3v) is 9.68. The van der Waals surface area contributed by atoms with Crippen molar-refractivity contribution in [1.82, 2.24) is 15.0 Å². The number of aromatic nitrogens is 3. The number of furan rings is 2. The van der Waals surface area contributed by atoms with Crippen molar-refractivity contribution in [3.05, 3.63) is 140 Å². The fourth-order valence-corrected chi connectivity index (χ4v) is 7.63. The second kappa shape index (κ2) is 9.47. The van der Waals surface area contributed by atoms with Crippen LogP contribution in [-0.4, -0.2) is 15.0 Å². The van der Waals surface area contributed by atoms with E-state index < -0.39 is 0 Å². The third-order valence-electron chi connectivity index (χ3n) is 9.68. The van der Waals surface area contributed by atoms with Gasteiger partial charge in [-0.2, -0.15) is 0 Å². The van der Waals surface area contributed by atoms with Crippen molar-refractivity contribution in [2.45, 2.75) is 0 Å². The number of benzene rings is 7. The summed E-state index contributed by atoms with van der Waals surface area (Å²) in [5, 5.41) is 6.39. The summed E-state index contributed by atoms with van der Waals surface area (Å²) in [5.41, 5.74) is 11.0. The van der Waals surface area contributed by atoms with Crippen LogP contribution in [0.4, 0.5) is 0 Å². The van der Waals surface area contributed by atoms with Gasteiger partial charge in [0.15, 0.2) is 17.5 Å². The fraction of sp³-hybridized carbons (Fsp3) is 0. The molecular formula is C43H23N3O2. The molecule has 0 saturated carbocycles. The molecule has 0 atom stereocenters. The Hall–Kier alpha value is -6.59. The standard InChI is InChI=1S/C43H23N3O2/c1-2-11-24(12-3-1)41-44-42(30-18-9-21-35-38(30)28-15-6-7-20-34(28)47-35)46-43(45-41)31-19-10-22-36-39(31)33-23-32-26-14-5-4-13-25(26)27-16-8-17-29(37(27)32)40(33)48-36/h1-23H. The molecule has 0 unspecified atom stereocenters. The van der Waals surface area contributed by atoms with Crippen LogP contribution in [0.5, 0.6) is 0 Å². The molecule has 10 aromatic rings. The SMILES string of the molecule is c1ccc(-c2nc(-c3cccc4oc5ccccc5c34)nc(-c3cccc4oc5c6cccc7c6c(cc5c34)-c3ccccc3-7)n2)cc1. The largest absolute Gasteiger partial charge is 0.456 e. The van der Waals surface area contributed by atoms with E-state index >= 15 is 0 Å². The van der Waals surface area contributed by atoms with E-state index in [4.69, 9.17) is 23.8 Å². The number of hydrogen-bond donors (Lipinski definition) is 0. The summed E-state index contributed by atoms with van der Waals surface area (Å²) in [6.45, 7) is 0. The first-order valence-electron chi connectivity index (χ1n) is 16.0. The lowest BCUT2D eigenvalue weighted by molar-refractivity contribution is 0.669. The zero-order chi connectivity index (χ0) is 31.3. The van der Waals surface area contributed by atoms with Crippen LogP contribution < -0.4 is 0 Å². The monoisotopic (exact) mass is 613 g/mol. The van der Waals surface area contributed by atoms with Gasteiger partial charge in [0.2, 0.25) is 0 Å². The Kier molecular flexibility index (Phi) is 5.05. The Morgan fingerprint density at radius 1 is 0.333 bits per heavy atom. The van der Waals surface area contributed by atoms with Gasteiger partial charge in [-0.1, -0.05) is 115 Å². The number of rotatable bonds is 3. The first kappa shape index (κ1) is 25.6. The quantitative estimate of drug-likeness (QED) is 0.198. The van der Waals surface area contributed by atoms with Crippen molar-refractivity contribution in [1.29, 1.82) is 0 Å². The molecule has 0 amide bonds. The molecule has 3 heterocycles. The number of para-hydroxylation sites is 1. The maximum absolute atomic E-state index is 6.71. The van der Waals surface area contributed by atoms with Gasteiger partial charge in [-0.05, 0) is 46.5 Å². The van der Waals surface area contributed by atoms with Gasteiger partial charge in [0.25, 0.3) is 0 Å². The number of hydrogen-bond acceptors (Lipinski definition) is 5. The van der Waals surface area contributed by atoms with Crippen molar-refractivity contribution < 1.29 is 8.83 Å². The summed E-state index contributed by atoms with van der Waals surface area (Å²) in [6.07, 6.45) is 0. The van der Waals surface area contributed by atoms with E-state index in [1.54, 1.807) is 0 Å². The molecule has 3 aromatic heterocycles. The molecule has 0 radical (unpaired) electrons. The van der Waals surface area contributed by atoms with Crippen molar-refractivity contribution in [2.24, 2.45) is 0 Å². The number of nitrogens with zero attached hydrogens (tertiary/aromatic N) is 3. The van der Waals surface area contributed by atoms with Gasteiger partial charge in [-0.25, -0.2) is 15.0 Å². The Morgan fingerprint density at radius 2 is 0.875 bits per heavy atom. The molecule has 11 rings (SSSR count). The van der Waals surface area contributed by atoms with Gasteiger partial charge in [0, 0.05) is 49.0 Å². The zero-order valence-electron chi connectivity index (χ0n) is 25.4. The first-order valence-corrected chi connectivity index (χ1v) is 16.0. The van der Waals surface area contributed by atoms with Crippen LogP contribution in [0.1, 0.15) is 0 Å². The molecule has 5 nitrogen and oxygen atoms in total. The minimum Gasteiger partial charge on any atom is -0.456 e.